The van der Waals surface area contributed by atoms with E-state index in [-0.39, 0.29) is 11.9 Å². The summed E-state index contributed by atoms with van der Waals surface area (Å²) in [5, 5.41) is 3.09. The van der Waals surface area contributed by atoms with Crippen LogP contribution in [0.3, 0.4) is 0 Å². The molecule has 1 aliphatic rings. The van der Waals surface area contributed by atoms with E-state index in [4.69, 9.17) is 9.31 Å². The molecule has 6 heteroatoms. The molecule has 2 heterocycles. The lowest BCUT2D eigenvalue weighted by Gasteiger charge is -2.32. The van der Waals surface area contributed by atoms with Crippen LogP contribution in [0.4, 0.5) is 10.2 Å². The van der Waals surface area contributed by atoms with Crippen molar-refractivity contribution in [2.75, 3.05) is 5.32 Å². The highest BCUT2D eigenvalue weighted by Gasteiger charge is 2.52. The minimum Gasteiger partial charge on any atom is -0.398 e. The first-order chi connectivity index (χ1) is 9.10. The average Bonchev–Trinajstić information content (AvgIpc) is 2.46. The summed E-state index contributed by atoms with van der Waals surface area (Å²) in [5.41, 5.74) is -0.471. The molecule has 1 aliphatic heterocycles. The second-order valence-electron chi connectivity index (χ2n) is 6.48. The Morgan fingerprint density at radius 1 is 1.15 bits per heavy atom. The lowest BCUT2D eigenvalue weighted by Crippen LogP contribution is -2.41. The molecule has 0 amide bonds. The van der Waals surface area contributed by atoms with Gasteiger partial charge in [-0.3, -0.25) is 0 Å². The Bertz CT molecular complexity index is 490. The number of hydrogen-bond acceptors (Lipinski definition) is 4. The van der Waals surface area contributed by atoms with Gasteiger partial charge >= 0.3 is 7.12 Å². The normalized spacial score (nSPS) is 20.5. The monoisotopic (exact) mass is 280 g/mol. The maximum atomic E-state index is 13.7. The molecule has 1 N–H and O–H groups in total. The third kappa shape index (κ3) is 2.96. The van der Waals surface area contributed by atoms with Crippen LogP contribution in [0.1, 0.15) is 41.5 Å². The van der Waals surface area contributed by atoms with Crippen LogP contribution in [-0.4, -0.2) is 29.3 Å². The summed E-state index contributed by atoms with van der Waals surface area (Å²) in [7, 11) is -0.650. The van der Waals surface area contributed by atoms with Gasteiger partial charge in [0.05, 0.1) is 16.8 Å². The van der Waals surface area contributed by atoms with Crippen molar-refractivity contribution >= 4 is 18.5 Å². The predicted octanol–water partition coefficient (Wildman–Crippen LogP) is 2.34. The number of pyridine rings is 1. The van der Waals surface area contributed by atoms with E-state index in [9.17, 15) is 4.39 Å². The van der Waals surface area contributed by atoms with Gasteiger partial charge in [-0.05, 0) is 47.6 Å². The second kappa shape index (κ2) is 5.00. The zero-order valence-electron chi connectivity index (χ0n) is 13.0. The van der Waals surface area contributed by atoms with Gasteiger partial charge in [0.2, 0.25) is 0 Å². The van der Waals surface area contributed by atoms with Crippen molar-refractivity contribution in [1.82, 2.24) is 4.98 Å². The summed E-state index contributed by atoms with van der Waals surface area (Å²) in [4.78, 5) is 4.39. The molecule has 1 aromatic heterocycles. The molecule has 2 rings (SSSR count). The fourth-order valence-corrected chi connectivity index (χ4v) is 1.97. The second-order valence-corrected chi connectivity index (χ2v) is 6.48. The molecule has 1 saturated heterocycles. The van der Waals surface area contributed by atoms with Crippen molar-refractivity contribution in [1.29, 1.82) is 0 Å². The largest absolute Gasteiger partial charge is 0.514 e. The third-order valence-electron chi connectivity index (χ3n) is 3.74. The molecule has 20 heavy (non-hydrogen) atoms. The molecule has 0 aliphatic carbocycles. The predicted molar refractivity (Wildman–Crippen MR) is 78.7 cm³/mol. The Labute approximate surface area is 120 Å². The molecule has 0 bridgehead atoms. The molecular formula is C14H22BFN2O2. The summed E-state index contributed by atoms with van der Waals surface area (Å²) in [6.07, 6.45) is 0. The molecular weight excluding hydrogens is 258 g/mol. The Morgan fingerprint density at radius 2 is 1.70 bits per heavy atom. The maximum Gasteiger partial charge on any atom is 0.514 e. The quantitative estimate of drug-likeness (QED) is 0.863. The van der Waals surface area contributed by atoms with Gasteiger partial charge in [0.1, 0.15) is 11.6 Å². The van der Waals surface area contributed by atoms with E-state index in [0.717, 1.165) is 0 Å². The standard InChI is InChI=1S/C14H22BFN2O2/c1-9(2)17-12-8-10(16)7-11(18-12)15-19-13(3,4)14(5,6)20-15/h7-9H,1-6H3,(H,17,18). The lowest BCUT2D eigenvalue weighted by molar-refractivity contribution is 0.00578. The summed E-state index contributed by atoms with van der Waals surface area (Å²) in [6, 6.07) is 2.90. The van der Waals surface area contributed by atoms with Gasteiger partial charge in [-0.25, -0.2) is 9.37 Å². The van der Waals surface area contributed by atoms with Gasteiger partial charge in [-0.15, -0.1) is 0 Å². The van der Waals surface area contributed by atoms with Crippen LogP contribution in [-0.2, 0) is 9.31 Å². The van der Waals surface area contributed by atoms with Crippen molar-refractivity contribution < 1.29 is 13.7 Å². The number of nitrogens with zero attached hydrogens (tertiary/aromatic N) is 1. The average molecular weight is 280 g/mol. The number of aromatic nitrogens is 1. The van der Waals surface area contributed by atoms with Gasteiger partial charge in [0, 0.05) is 12.1 Å². The summed E-state index contributed by atoms with van der Waals surface area (Å²) in [6.45, 7) is 11.8. The van der Waals surface area contributed by atoms with Crippen LogP contribution < -0.4 is 10.9 Å². The van der Waals surface area contributed by atoms with Gasteiger partial charge in [0.25, 0.3) is 0 Å². The van der Waals surface area contributed by atoms with E-state index >= 15 is 0 Å². The molecule has 110 valence electrons. The Morgan fingerprint density at radius 3 is 2.20 bits per heavy atom. The van der Waals surface area contributed by atoms with Crippen LogP contribution >= 0.6 is 0 Å². The fraction of sp³-hybridized carbons (Fsp3) is 0.643. The first-order valence-electron chi connectivity index (χ1n) is 6.90. The highest BCUT2D eigenvalue weighted by Crippen LogP contribution is 2.36. The van der Waals surface area contributed by atoms with Crippen LogP contribution in [0.15, 0.2) is 12.1 Å². The molecule has 0 saturated carbocycles. The molecule has 0 unspecified atom stereocenters. The topological polar surface area (TPSA) is 43.4 Å². The van der Waals surface area contributed by atoms with E-state index in [1.165, 1.54) is 12.1 Å². The molecule has 0 atom stereocenters. The third-order valence-corrected chi connectivity index (χ3v) is 3.74. The van der Waals surface area contributed by atoms with Crippen molar-refractivity contribution in [2.24, 2.45) is 0 Å². The SMILES string of the molecule is CC(C)Nc1cc(F)cc(B2OC(C)(C)C(C)(C)O2)n1. The highest BCUT2D eigenvalue weighted by molar-refractivity contribution is 6.61. The Kier molecular flexibility index (Phi) is 3.82. The van der Waals surface area contributed by atoms with Crippen LogP contribution in [0.25, 0.3) is 0 Å². The minimum atomic E-state index is -0.650. The summed E-state index contributed by atoms with van der Waals surface area (Å²) in [5.74, 6) is 0.137. The molecule has 1 fully saturated rings. The van der Waals surface area contributed by atoms with Crippen molar-refractivity contribution in [3.8, 4) is 0 Å². The van der Waals surface area contributed by atoms with Gasteiger partial charge in [-0.1, -0.05) is 0 Å². The zero-order valence-corrected chi connectivity index (χ0v) is 13.0. The van der Waals surface area contributed by atoms with Crippen LogP contribution in [0.5, 0.6) is 0 Å². The molecule has 1 aromatic rings. The van der Waals surface area contributed by atoms with E-state index in [0.29, 0.717) is 11.4 Å². The summed E-state index contributed by atoms with van der Waals surface area (Å²) >= 11 is 0. The van der Waals surface area contributed by atoms with E-state index in [2.05, 4.69) is 10.3 Å². The van der Waals surface area contributed by atoms with E-state index in [1.807, 2.05) is 41.5 Å². The van der Waals surface area contributed by atoms with Crippen LogP contribution in [0, 0.1) is 5.82 Å². The number of anilines is 1. The number of halogens is 1. The first-order valence-corrected chi connectivity index (χ1v) is 6.90. The van der Waals surface area contributed by atoms with Gasteiger partial charge in [-0.2, -0.15) is 0 Å². The number of rotatable bonds is 3. The maximum absolute atomic E-state index is 13.7. The smallest absolute Gasteiger partial charge is 0.398 e. The first kappa shape index (κ1) is 15.3. The van der Waals surface area contributed by atoms with Crippen molar-refractivity contribution in [3.05, 3.63) is 17.9 Å². The lowest BCUT2D eigenvalue weighted by atomic mass is 9.84. The van der Waals surface area contributed by atoms with Crippen molar-refractivity contribution in [2.45, 2.75) is 58.8 Å². The minimum absolute atomic E-state index is 0.176. The van der Waals surface area contributed by atoms with Crippen molar-refractivity contribution in [3.63, 3.8) is 0 Å². The molecule has 4 nitrogen and oxygen atoms in total. The highest BCUT2D eigenvalue weighted by atomic mass is 19.1. The van der Waals surface area contributed by atoms with E-state index < -0.39 is 18.3 Å². The van der Waals surface area contributed by atoms with Gasteiger partial charge < -0.3 is 14.6 Å². The Balaban J connectivity index is 2.28. The molecule has 0 radical (unpaired) electrons. The summed E-state index contributed by atoms with van der Waals surface area (Å²) < 4.78 is 25.5. The van der Waals surface area contributed by atoms with Crippen LogP contribution in [0.2, 0.25) is 0 Å². The number of hydrogen-bond donors (Lipinski definition) is 1. The molecule has 0 spiro atoms. The fourth-order valence-electron chi connectivity index (χ4n) is 1.97. The molecule has 0 aromatic carbocycles. The number of nitrogens with one attached hydrogen (secondary N) is 1. The van der Waals surface area contributed by atoms with Gasteiger partial charge in [0.15, 0.2) is 0 Å². The van der Waals surface area contributed by atoms with E-state index in [1.54, 1.807) is 0 Å². The Hall–Kier alpha value is -1.14. The zero-order chi connectivity index (χ0) is 15.1.